The molecule has 0 atom stereocenters. The van der Waals surface area contributed by atoms with E-state index in [4.69, 9.17) is 27.9 Å². The minimum atomic E-state index is -0.328. The van der Waals surface area contributed by atoms with Crippen molar-refractivity contribution in [1.82, 2.24) is 9.99 Å². The van der Waals surface area contributed by atoms with Gasteiger partial charge in [-0.1, -0.05) is 65.7 Å². The molecule has 0 saturated carbocycles. The molecule has 1 heterocycles. The maximum Gasteiger partial charge on any atom is 0.273 e. The summed E-state index contributed by atoms with van der Waals surface area (Å²) in [7, 11) is 0. The number of amides is 1. The van der Waals surface area contributed by atoms with Gasteiger partial charge in [0.25, 0.3) is 5.91 Å². The fraction of sp³-hybridized carbons (Fsp3) is 0.0400. The van der Waals surface area contributed by atoms with Crippen molar-refractivity contribution in [3.63, 3.8) is 0 Å². The maximum atomic E-state index is 12.6. The van der Waals surface area contributed by atoms with Gasteiger partial charge in [0.2, 0.25) is 0 Å². The molecule has 0 aliphatic heterocycles. The van der Waals surface area contributed by atoms with E-state index in [2.05, 4.69) is 10.5 Å². The highest BCUT2D eigenvalue weighted by Crippen LogP contribution is 2.34. The predicted molar refractivity (Wildman–Crippen MR) is 128 cm³/mol. The van der Waals surface area contributed by atoms with Crippen molar-refractivity contribution in [2.75, 3.05) is 0 Å². The number of hydrogen-bond donors (Lipinski definition) is 1. The number of hydrazone groups is 1. The van der Waals surface area contributed by atoms with Crippen molar-refractivity contribution in [3.8, 4) is 11.4 Å². The Hall–Kier alpha value is -3.54. The number of benzene rings is 3. The molecule has 0 fully saturated rings. The Balaban J connectivity index is 1.44. The monoisotopic (exact) mass is 463 g/mol. The summed E-state index contributed by atoms with van der Waals surface area (Å²) in [5.41, 5.74) is 5.45. The smallest absolute Gasteiger partial charge is 0.273 e. The van der Waals surface area contributed by atoms with Crippen molar-refractivity contribution in [2.45, 2.75) is 6.61 Å². The molecule has 0 radical (unpaired) electrons. The van der Waals surface area contributed by atoms with Crippen molar-refractivity contribution in [1.29, 1.82) is 0 Å². The van der Waals surface area contributed by atoms with Gasteiger partial charge in [-0.25, -0.2) is 5.43 Å². The first-order chi connectivity index (χ1) is 15.6. The van der Waals surface area contributed by atoms with Crippen molar-refractivity contribution in [3.05, 3.63) is 118 Å². The van der Waals surface area contributed by atoms with Crippen LogP contribution < -0.4 is 10.2 Å². The molecule has 1 amide bonds. The number of rotatable bonds is 7. The highest BCUT2D eigenvalue weighted by atomic mass is 35.5. The quantitative estimate of drug-likeness (QED) is 0.264. The highest BCUT2D eigenvalue weighted by Gasteiger charge is 2.12. The van der Waals surface area contributed by atoms with Crippen LogP contribution in [0, 0.1) is 0 Å². The molecule has 0 unspecified atom stereocenters. The standard InChI is InChI=1S/C25H19Cl2N3O2/c26-21-14-19(15-22(27)24(21)32-17-18-8-2-1-3-9-18)16-28-29-25(31)20-10-4-5-11-23(20)30-12-6-7-13-30/h1-16H,17H2,(H,29,31)/b28-16-. The Morgan fingerprint density at radius 2 is 1.59 bits per heavy atom. The van der Waals surface area contributed by atoms with Gasteiger partial charge in [0.15, 0.2) is 5.75 Å². The third-order valence-electron chi connectivity index (χ3n) is 4.66. The van der Waals surface area contributed by atoms with Crippen molar-refractivity contribution >= 4 is 35.3 Å². The van der Waals surface area contributed by atoms with E-state index < -0.39 is 0 Å². The van der Waals surface area contributed by atoms with Gasteiger partial charge in [0.1, 0.15) is 6.61 Å². The minimum Gasteiger partial charge on any atom is -0.486 e. The molecule has 32 heavy (non-hydrogen) atoms. The van der Waals surface area contributed by atoms with E-state index in [1.165, 1.54) is 6.21 Å². The van der Waals surface area contributed by atoms with E-state index in [1.807, 2.05) is 71.6 Å². The van der Waals surface area contributed by atoms with Crippen LogP contribution in [0.3, 0.4) is 0 Å². The third-order valence-corrected chi connectivity index (χ3v) is 5.22. The van der Waals surface area contributed by atoms with E-state index in [1.54, 1.807) is 24.3 Å². The molecular weight excluding hydrogens is 445 g/mol. The lowest BCUT2D eigenvalue weighted by atomic mass is 10.1. The van der Waals surface area contributed by atoms with Gasteiger partial charge in [-0.2, -0.15) is 5.10 Å². The van der Waals surface area contributed by atoms with Crippen molar-refractivity contribution < 1.29 is 9.53 Å². The van der Waals surface area contributed by atoms with Crippen LogP contribution in [0.4, 0.5) is 0 Å². The van der Waals surface area contributed by atoms with Gasteiger partial charge in [-0.3, -0.25) is 4.79 Å². The van der Waals surface area contributed by atoms with Crippen LogP contribution in [-0.2, 0) is 6.61 Å². The van der Waals surface area contributed by atoms with Crippen LogP contribution >= 0.6 is 23.2 Å². The Morgan fingerprint density at radius 3 is 2.31 bits per heavy atom. The predicted octanol–water partition coefficient (Wildman–Crippen LogP) is 6.13. The van der Waals surface area contributed by atoms with Gasteiger partial charge < -0.3 is 9.30 Å². The van der Waals surface area contributed by atoms with E-state index in [0.717, 1.165) is 11.3 Å². The fourth-order valence-corrected chi connectivity index (χ4v) is 3.75. The second kappa shape index (κ2) is 10.2. The second-order valence-electron chi connectivity index (χ2n) is 6.89. The van der Waals surface area contributed by atoms with Crippen LogP contribution in [0.2, 0.25) is 10.0 Å². The topological polar surface area (TPSA) is 55.6 Å². The molecule has 0 saturated heterocycles. The molecule has 0 aliphatic rings. The van der Waals surface area contributed by atoms with Gasteiger partial charge in [-0.15, -0.1) is 0 Å². The normalized spacial score (nSPS) is 10.9. The van der Waals surface area contributed by atoms with Crippen LogP contribution in [0.5, 0.6) is 5.75 Å². The Bertz CT molecular complexity index is 1220. The number of aromatic nitrogens is 1. The highest BCUT2D eigenvalue weighted by molar-refractivity contribution is 6.37. The number of para-hydroxylation sites is 1. The zero-order chi connectivity index (χ0) is 22.3. The average Bonchev–Trinajstić information content (AvgIpc) is 3.34. The molecule has 0 aliphatic carbocycles. The largest absolute Gasteiger partial charge is 0.486 e. The number of carbonyl (C=O) groups is 1. The van der Waals surface area contributed by atoms with Crippen molar-refractivity contribution in [2.24, 2.45) is 5.10 Å². The molecule has 0 spiro atoms. The number of halogens is 2. The molecule has 7 heteroatoms. The molecular formula is C25H19Cl2N3O2. The SMILES string of the molecule is O=C(N/N=C\c1cc(Cl)c(OCc2ccccc2)c(Cl)c1)c1ccccc1-n1cccc1. The molecule has 1 aromatic heterocycles. The molecule has 4 aromatic rings. The lowest BCUT2D eigenvalue weighted by Crippen LogP contribution is -2.19. The third kappa shape index (κ3) is 5.19. The molecule has 1 N–H and O–H groups in total. The summed E-state index contributed by atoms with van der Waals surface area (Å²) in [6, 6.07) is 24.2. The molecule has 4 rings (SSSR count). The van der Waals surface area contributed by atoms with Crippen LogP contribution in [0.1, 0.15) is 21.5 Å². The zero-order valence-electron chi connectivity index (χ0n) is 16.9. The summed E-state index contributed by atoms with van der Waals surface area (Å²) in [4.78, 5) is 12.6. The molecule has 0 bridgehead atoms. The summed E-state index contributed by atoms with van der Waals surface area (Å²) < 4.78 is 7.64. The van der Waals surface area contributed by atoms with Gasteiger partial charge >= 0.3 is 0 Å². The summed E-state index contributed by atoms with van der Waals surface area (Å²) in [6.45, 7) is 0.352. The number of nitrogens with zero attached hydrogens (tertiary/aromatic N) is 2. The number of hydrogen-bond acceptors (Lipinski definition) is 3. The lowest BCUT2D eigenvalue weighted by Gasteiger charge is -2.11. The van der Waals surface area contributed by atoms with E-state index in [9.17, 15) is 4.79 Å². The van der Waals surface area contributed by atoms with E-state index in [-0.39, 0.29) is 5.91 Å². The van der Waals surface area contributed by atoms with Crippen LogP contribution in [0.15, 0.2) is 96.4 Å². The fourth-order valence-electron chi connectivity index (χ4n) is 3.13. The van der Waals surface area contributed by atoms with Crippen LogP contribution in [-0.4, -0.2) is 16.7 Å². The zero-order valence-corrected chi connectivity index (χ0v) is 18.4. The number of nitrogens with one attached hydrogen (secondary N) is 1. The summed E-state index contributed by atoms with van der Waals surface area (Å²) >= 11 is 12.7. The Kier molecular flexibility index (Phi) is 6.90. The second-order valence-corrected chi connectivity index (χ2v) is 7.71. The summed E-state index contributed by atoms with van der Waals surface area (Å²) in [5, 5.41) is 4.77. The summed E-state index contributed by atoms with van der Waals surface area (Å²) in [6.07, 6.45) is 5.23. The number of carbonyl (C=O) groups excluding carboxylic acids is 1. The summed E-state index contributed by atoms with van der Waals surface area (Å²) in [5.74, 6) is 0.0737. The first-order valence-electron chi connectivity index (χ1n) is 9.83. The molecule has 3 aromatic carbocycles. The average molecular weight is 464 g/mol. The first kappa shape index (κ1) is 21.7. The minimum absolute atomic E-state index is 0.328. The van der Waals surface area contributed by atoms with Gasteiger partial charge in [0, 0.05) is 12.4 Å². The van der Waals surface area contributed by atoms with E-state index >= 15 is 0 Å². The van der Waals surface area contributed by atoms with Crippen LogP contribution in [0.25, 0.3) is 5.69 Å². The molecule has 160 valence electrons. The van der Waals surface area contributed by atoms with Gasteiger partial charge in [-0.05, 0) is 47.5 Å². The molecule has 5 nitrogen and oxygen atoms in total. The Morgan fingerprint density at radius 1 is 0.938 bits per heavy atom. The first-order valence-corrected chi connectivity index (χ1v) is 10.6. The maximum absolute atomic E-state index is 12.6. The van der Waals surface area contributed by atoms with Gasteiger partial charge in [0.05, 0.1) is 27.5 Å². The number of ether oxygens (including phenoxy) is 1. The van der Waals surface area contributed by atoms with E-state index in [0.29, 0.717) is 33.5 Å². The Labute approximate surface area is 195 Å². The lowest BCUT2D eigenvalue weighted by molar-refractivity contribution is 0.0955.